The fourth-order valence-corrected chi connectivity index (χ4v) is 3.97. The summed E-state index contributed by atoms with van der Waals surface area (Å²) in [6.45, 7) is 1.90. The number of hydrogen-bond donors (Lipinski definition) is 0. The van der Waals surface area contributed by atoms with Crippen molar-refractivity contribution in [2.24, 2.45) is 0 Å². The van der Waals surface area contributed by atoms with E-state index in [2.05, 4.69) is 4.74 Å². The average molecular weight is 548 g/mol. The van der Waals surface area contributed by atoms with Crippen molar-refractivity contribution in [1.82, 2.24) is 0 Å². The van der Waals surface area contributed by atoms with E-state index >= 15 is 0 Å². The standard InChI is InChI=1S/C30H20F8O/c1-2-3-4-5-17-6-8-18(9-7-17)22-12-13-23(28(35)27(22)34)30(37,38)39-20-10-11-21(24(31)16-20)19-14-25(32)29(36)26(33)15-19/h2-3,6-16H,4-5H2,1H3. The molecule has 0 radical (unpaired) electrons. The van der Waals surface area contributed by atoms with Gasteiger partial charge in [-0.15, -0.1) is 0 Å². The van der Waals surface area contributed by atoms with Crippen molar-refractivity contribution < 1.29 is 39.9 Å². The maximum Gasteiger partial charge on any atom is 0.429 e. The number of benzene rings is 4. The van der Waals surface area contributed by atoms with Gasteiger partial charge in [0.25, 0.3) is 0 Å². The molecule has 0 heterocycles. The highest BCUT2D eigenvalue weighted by Crippen LogP contribution is 2.38. The van der Waals surface area contributed by atoms with Crippen molar-refractivity contribution in [3.05, 3.63) is 125 Å². The van der Waals surface area contributed by atoms with E-state index in [0.717, 1.165) is 36.6 Å². The van der Waals surface area contributed by atoms with Crippen LogP contribution in [0.5, 0.6) is 5.75 Å². The predicted octanol–water partition coefficient (Wildman–Crippen LogP) is 9.49. The smallest absolute Gasteiger partial charge is 0.429 e. The van der Waals surface area contributed by atoms with Crippen LogP contribution < -0.4 is 4.74 Å². The number of allylic oxidation sites excluding steroid dienone is 2. The summed E-state index contributed by atoms with van der Waals surface area (Å²) in [5.74, 6) is -10.3. The van der Waals surface area contributed by atoms with Gasteiger partial charge >= 0.3 is 6.11 Å². The second-order valence-corrected chi connectivity index (χ2v) is 8.61. The van der Waals surface area contributed by atoms with Crippen molar-refractivity contribution >= 4 is 0 Å². The molecule has 0 spiro atoms. The fourth-order valence-electron chi connectivity index (χ4n) is 3.97. The van der Waals surface area contributed by atoms with E-state index in [0.29, 0.717) is 24.3 Å². The lowest BCUT2D eigenvalue weighted by atomic mass is 9.99. The zero-order chi connectivity index (χ0) is 28.3. The minimum atomic E-state index is -4.41. The van der Waals surface area contributed by atoms with E-state index in [4.69, 9.17) is 0 Å². The fraction of sp³-hybridized carbons (Fsp3) is 0.133. The predicted molar refractivity (Wildman–Crippen MR) is 131 cm³/mol. The van der Waals surface area contributed by atoms with E-state index < -0.39 is 63.5 Å². The summed E-state index contributed by atoms with van der Waals surface area (Å²) in [5.41, 5.74) is -1.24. The first kappa shape index (κ1) is 27.9. The van der Waals surface area contributed by atoms with Crippen LogP contribution in [0.2, 0.25) is 0 Å². The first-order valence-electron chi connectivity index (χ1n) is 11.7. The molecule has 4 aromatic rings. The van der Waals surface area contributed by atoms with Crippen LogP contribution in [0.4, 0.5) is 35.1 Å². The van der Waals surface area contributed by atoms with Crippen LogP contribution in [0.15, 0.2) is 78.9 Å². The normalized spacial score (nSPS) is 11.8. The number of ether oxygens (including phenoxy) is 1. The van der Waals surface area contributed by atoms with Crippen LogP contribution >= 0.6 is 0 Å². The van der Waals surface area contributed by atoms with Crippen molar-refractivity contribution in [3.63, 3.8) is 0 Å². The molecule has 4 aromatic carbocycles. The van der Waals surface area contributed by atoms with Crippen LogP contribution in [0.3, 0.4) is 0 Å². The Labute approximate surface area is 219 Å². The van der Waals surface area contributed by atoms with Crippen molar-refractivity contribution in [2.75, 3.05) is 0 Å². The van der Waals surface area contributed by atoms with Gasteiger partial charge in [0.2, 0.25) is 0 Å². The van der Waals surface area contributed by atoms with Gasteiger partial charge in [-0.25, -0.2) is 26.3 Å². The third-order valence-corrected chi connectivity index (χ3v) is 5.98. The topological polar surface area (TPSA) is 9.23 Å². The highest BCUT2D eigenvalue weighted by Gasteiger charge is 2.39. The molecule has 0 amide bonds. The molecule has 0 N–H and O–H groups in total. The van der Waals surface area contributed by atoms with Crippen LogP contribution in [0, 0.1) is 34.9 Å². The molecule has 0 atom stereocenters. The van der Waals surface area contributed by atoms with Crippen LogP contribution in [0.25, 0.3) is 22.3 Å². The lowest BCUT2D eigenvalue weighted by Gasteiger charge is -2.20. The molecule has 0 aliphatic heterocycles. The second-order valence-electron chi connectivity index (χ2n) is 8.61. The Morgan fingerprint density at radius 2 is 1.31 bits per heavy atom. The minimum Gasteiger partial charge on any atom is -0.429 e. The molecule has 39 heavy (non-hydrogen) atoms. The van der Waals surface area contributed by atoms with E-state index in [1.165, 1.54) is 0 Å². The monoisotopic (exact) mass is 548 g/mol. The van der Waals surface area contributed by atoms with Gasteiger partial charge in [0, 0.05) is 17.2 Å². The first-order valence-corrected chi connectivity index (χ1v) is 11.7. The Bertz CT molecular complexity index is 1500. The van der Waals surface area contributed by atoms with E-state index in [1.807, 2.05) is 19.1 Å². The molecular formula is C30H20F8O. The van der Waals surface area contributed by atoms with Crippen LogP contribution in [-0.2, 0) is 12.5 Å². The summed E-state index contributed by atoms with van der Waals surface area (Å²) < 4.78 is 119. The molecule has 0 aromatic heterocycles. The zero-order valence-corrected chi connectivity index (χ0v) is 20.4. The summed E-state index contributed by atoms with van der Waals surface area (Å²) in [7, 11) is 0. The van der Waals surface area contributed by atoms with E-state index in [9.17, 15) is 35.1 Å². The summed E-state index contributed by atoms with van der Waals surface area (Å²) in [6.07, 6.45) is 1.03. The zero-order valence-electron chi connectivity index (χ0n) is 20.4. The SMILES string of the molecule is CC=CCCc1ccc(-c2ccc(C(F)(F)Oc3ccc(-c4cc(F)c(F)c(F)c4)c(F)c3)c(F)c2F)cc1. The van der Waals surface area contributed by atoms with Crippen LogP contribution in [0.1, 0.15) is 24.5 Å². The molecule has 0 fully saturated rings. The molecule has 0 unspecified atom stereocenters. The van der Waals surface area contributed by atoms with Crippen molar-refractivity contribution in [3.8, 4) is 28.0 Å². The summed E-state index contributed by atoms with van der Waals surface area (Å²) in [4.78, 5) is 0. The molecule has 0 saturated heterocycles. The highest BCUT2D eigenvalue weighted by molar-refractivity contribution is 5.66. The minimum absolute atomic E-state index is 0.235. The summed E-state index contributed by atoms with van der Waals surface area (Å²) >= 11 is 0. The number of hydrogen-bond acceptors (Lipinski definition) is 1. The lowest BCUT2D eigenvalue weighted by molar-refractivity contribution is -0.187. The third kappa shape index (κ3) is 5.97. The molecule has 4 rings (SSSR count). The molecule has 0 aliphatic carbocycles. The second kappa shape index (κ2) is 11.3. The van der Waals surface area contributed by atoms with Gasteiger partial charge in [0.05, 0.1) is 0 Å². The Hall–Kier alpha value is -4.14. The molecule has 202 valence electrons. The largest absolute Gasteiger partial charge is 0.429 e. The van der Waals surface area contributed by atoms with Gasteiger partial charge in [-0.05, 0) is 66.8 Å². The number of rotatable bonds is 8. The Morgan fingerprint density at radius 1 is 0.667 bits per heavy atom. The molecular weight excluding hydrogens is 528 g/mol. The average Bonchev–Trinajstić information content (AvgIpc) is 2.89. The van der Waals surface area contributed by atoms with Gasteiger partial charge in [0.15, 0.2) is 29.1 Å². The Balaban J connectivity index is 1.57. The van der Waals surface area contributed by atoms with E-state index in [1.54, 1.807) is 24.3 Å². The van der Waals surface area contributed by atoms with Crippen molar-refractivity contribution in [1.29, 1.82) is 0 Å². The van der Waals surface area contributed by atoms with Gasteiger partial charge < -0.3 is 4.74 Å². The summed E-state index contributed by atoms with van der Waals surface area (Å²) in [5, 5.41) is 0. The number of alkyl halides is 2. The number of aryl methyl sites for hydroxylation is 1. The van der Waals surface area contributed by atoms with Gasteiger partial charge in [-0.2, -0.15) is 8.78 Å². The molecule has 0 saturated carbocycles. The highest BCUT2D eigenvalue weighted by atomic mass is 19.3. The quantitative estimate of drug-likeness (QED) is 0.121. The lowest BCUT2D eigenvalue weighted by Crippen LogP contribution is -2.24. The van der Waals surface area contributed by atoms with Gasteiger partial charge in [-0.3, -0.25) is 0 Å². The molecule has 0 bridgehead atoms. The Morgan fingerprint density at radius 3 is 1.92 bits per heavy atom. The molecule has 9 heteroatoms. The maximum absolute atomic E-state index is 14.8. The van der Waals surface area contributed by atoms with Crippen molar-refractivity contribution in [2.45, 2.75) is 25.9 Å². The van der Waals surface area contributed by atoms with Gasteiger partial charge in [-0.1, -0.05) is 42.5 Å². The summed E-state index contributed by atoms with van der Waals surface area (Å²) in [6, 6.07) is 11.5. The number of halogens is 8. The Kier molecular flexibility index (Phi) is 8.09. The first-order chi connectivity index (χ1) is 18.5. The van der Waals surface area contributed by atoms with Crippen LogP contribution in [-0.4, -0.2) is 0 Å². The molecule has 0 aliphatic rings. The maximum atomic E-state index is 14.8. The molecule has 1 nitrogen and oxygen atoms in total. The van der Waals surface area contributed by atoms with Gasteiger partial charge in [0.1, 0.15) is 17.1 Å². The van der Waals surface area contributed by atoms with E-state index in [-0.39, 0.29) is 11.1 Å². The third-order valence-electron chi connectivity index (χ3n) is 5.98.